The molecular formula is C36H38FN3O4S. The Kier molecular flexibility index (Phi) is 10.3. The fourth-order valence-corrected chi connectivity index (χ4v) is 7.22. The second-order valence-electron chi connectivity index (χ2n) is 11.5. The first-order valence-electron chi connectivity index (χ1n) is 15.2. The molecule has 7 nitrogen and oxygen atoms in total. The molecule has 1 saturated carbocycles. The van der Waals surface area contributed by atoms with E-state index in [1.807, 2.05) is 61.5 Å². The Labute approximate surface area is 264 Å². The molecule has 1 aliphatic carbocycles. The molecule has 4 aromatic carbocycles. The van der Waals surface area contributed by atoms with Gasteiger partial charge in [-0.25, -0.2) is 12.8 Å². The van der Waals surface area contributed by atoms with Crippen LogP contribution in [-0.2, 0) is 32.6 Å². The van der Waals surface area contributed by atoms with Crippen LogP contribution in [0, 0.1) is 12.7 Å². The van der Waals surface area contributed by atoms with Crippen molar-refractivity contribution in [1.29, 1.82) is 0 Å². The number of nitrogens with one attached hydrogen (secondary N) is 1. The third kappa shape index (κ3) is 8.16. The quantitative estimate of drug-likeness (QED) is 0.208. The number of halogens is 1. The number of carbonyl (C=O) groups excluding carboxylic acids is 2. The fourth-order valence-electron chi connectivity index (χ4n) is 5.78. The molecule has 0 aliphatic heterocycles. The van der Waals surface area contributed by atoms with Crippen molar-refractivity contribution in [3.63, 3.8) is 0 Å². The summed E-state index contributed by atoms with van der Waals surface area (Å²) < 4.78 is 42.9. The molecule has 1 fully saturated rings. The topological polar surface area (TPSA) is 86.8 Å². The van der Waals surface area contributed by atoms with Gasteiger partial charge in [-0.05, 0) is 67.3 Å². The van der Waals surface area contributed by atoms with Gasteiger partial charge >= 0.3 is 0 Å². The third-order valence-electron chi connectivity index (χ3n) is 8.13. The summed E-state index contributed by atoms with van der Waals surface area (Å²) in [5, 5.41) is 3.17. The first-order chi connectivity index (χ1) is 21.7. The average Bonchev–Trinajstić information content (AvgIpc) is 3.56. The lowest BCUT2D eigenvalue weighted by molar-refractivity contribution is -0.140. The molecule has 2 amide bonds. The minimum Gasteiger partial charge on any atom is -0.352 e. The maximum absolute atomic E-state index is 14.5. The van der Waals surface area contributed by atoms with Crippen LogP contribution in [0.25, 0.3) is 0 Å². The van der Waals surface area contributed by atoms with Gasteiger partial charge in [-0.1, -0.05) is 91.2 Å². The zero-order valence-electron chi connectivity index (χ0n) is 25.3. The van der Waals surface area contributed by atoms with Crippen LogP contribution < -0.4 is 9.62 Å². The van der Waals surface area contributed by atoms with Gasteiger partial charge in [-0.2, -0.15) is 0 Å². The Morgan fingerprint density at radius 3 is 2.11 bits per heavy atom. The predicted octanol–water partition coefficient (Wildman–Crippen LogP) is 6.03. The van der Waals surface area contributed by atoms with Crippen LogP contribution in [0.5, 0.6) is 0 Å². The molecule has 0 unspecified atom stereocenters. The van der Waals surface area contributed by atoms with E-state index in [1.54, 1.807) is 18.2 Å². The molecule has 1 aliphatic rings. The van der Waals surface area contributed by atoms with Crippen LogP contribution in [0.4, 0.5) is 10.1 Å². The van der Waals surface area contributed by atoms with Crippen molar-refractivity contribution in [3.05, 3.63) is 132 Å². The summed E-state index contributed by atoms with van der Waals surface area (Å²) in [6.45, 7) is 1.46. The highest BCUT2D eigenvalue weighted by Crippen LogP contribution is 2.26. The number of hydrogen-bond donors (Lipinski definition) is 1. The van der Waals surface area contributed by atoms with E-state index in [2.05, 4.69) is 5.32 Å². The van der Waals surface area contributed by atoms with Crippen LogP contribution in [0.2, 0.25) is 0 Å². The normalized spacial score (nSPS) is 14.1. The van der Waals surface area contributed by atoms with E-state index in [9.17, 15) is 22.4 Å². The standard InChI is InChI=1S/C36H38FN3O4S/c1-27-11-10-14-29(23-27)25-39(34(24-28-12-4-2-5-13-28)36(42)38-31-15-8-9-16-31)35(41)26-40(32-21-19-30(37)20-22-32)45(43,44)33-17-6-3-7-18-33/h2-7,10-14,17-23,31,34H,8-9,15-16,24-26H2,1H3,(H,38,42)/t34-/m0/s1. The Hall–Kier alpha value is -4.50. The van der Waals surface area contributed by atoms with E-state index in [-0.39, 0.29) is 35.5 Å². The number of aryl methyl sites for hydroxylation is 1. The molecule has 0 spiro atoms. The second-order valence-corrected chi connectivity index (χ2v) is 13.4. The number of rotatable bonds is 12. The average molecular weight is 628 g/mol. The highest BCUT2D eigenvalue weighted by molar-refractivity contribution is 7.92. The molecule has 0 aromatic heterocycles. The summed E-state index contributed by atoms with van der Waals surface area (Å²) in [5.74, 6) is -1.36. The van der Waals surface area contributed by atoms with Crippen molar-refractivity contribution in [2.75, 3.05) is 10.8 Å². The zero-order valence-corrected chi connectivity index (χ0v) is 26.1. The monoisotopic (exact) mass is 627 g/mol. The maximum atomic E-state index is 14.5. The van der Waals surface area contributed by atoms with E-state index < -0.39 is 34.3 Å². The minimum atomic E-state index is -4.24. The van der Waals surface area contributed by atoms with Crippen molar-refractivity contribution >= 4 is 27.5 Å². The summed E-state index contributed by atoms with van der Waals surface area (Å²) in [7, 11) is -4.24. The van der Waals surface area contributed by atoms with Gasteiger partial charge < -0.3 is 10.2 Å². The van der Waals surface area contributed by atoms with Gasteiger partial charge in [0.25, 0.3) is 10.0 Å². The molecule has 4 aromatic rings. The van der Waals surface area contributed by atoms with Gasteiger partial charge in [-0.3, -0.25) is 13.9 Å². The number of anilines is 1. The number of nitrogens with zero attached hydrogens (tertiary/aromatic N) is 2. The first kappa shape index (κ1) is 31.9. The third-order valence-corrected chi connectivity index (χ3v) is 9.92. The first-order valence-corrected chi connectivity index (χ1v) is 16.7. The summed E-state index contributed by atoms with van der Waals surface area (Å²) >= 11 is 0. The van der Waals surface area contributed by atoms with Crippen molar-refractivity contribution in [2.45, 2.75) is 62.6 Å². The molecule has 1 atom stereocenters. The highest BCUT2D eigenvalue weighted by Gasteiger charge is 2.35. The number of amides is 2. The Bertz CT molecular complexity index is 1690. The van der Waals surface area contributed by atoms with Gasteiger partial charge in [0.2, 0.25) is 11.8 Å². The van der Waals surface area contributed by atoms with Gasteiger partial charge in [0.1, 0.15) is 18.4 Å². The smallest absolute Gasteiger partial charge is 0.264 e. The molecule has 5 rings (SSSR count). The molecule has 1 N–H and O–H groups in total. The van der Waals surface area contributed by atoms with Crippen LogP contribution >= 0.6 is 0 Å². The Morgan fingerprint density at radius 1 is 0.844 bits per heavy atom. The number of hydrogen-bond acceptors (Lipinski definition) is 4. The van der Waals surface area contributed by atoms with Crippen molar-refractivity contribution < 1.29 is 22.4 Å². The zero-order chi connectivity index (χ0) is 31.8. The van der Waals surface area contributed by atoms with Crippen LogP contribution in [0.1, 0.15) is 42.4 Å². The van der Waals surface area contributed by atoms with E-state index in [4.69, 9.17) is 0 Å². The molecule has 45 heavy (non-hydrogen) atoms. The van der Waals surface area contributed by atoms with Crippen molar-refractivity contribution in [3.8, 4) is 0 Å². The van der Waals surface area contributed by atoms with E-state index in [1.165, 1.54) is 29.2 Å². The SMILES string of the molecule is Cc1cccc(CN(C(=O)CN(c2ccc(F)cc2)S(=O)(=O)c2ccccc2)[C@@H](Cc2ccccc2)C(=O)NC2CCCC2)c1. The number of sulfonamides is 1. The van der Waals surface area contributed by atoms with Gasteiger partial charge in [0.15, 0.2) is 0 Å². The molecule has 9 heteroatoms. The lowest BCUT2D eigenvalue weighted by atomic mass is 10.0. The molecule has 234 valence electrons. The molecule has 0 heterocycles. The number of carbonyl (C=O) groups is 2. The largest absolute Gasteiger partial charge is 0.352 e. The van der Waals surface area contributed by atoms with Gasteiger partial charge in [0.05, 0.1) is 10.6 Å². The molecule has 0 bridgehead atoms. The predicted molar refractivity (Wildman–Crippen MR) is 173 cm³/mol. The lowest BCUT2D eigenvalue weighted by Crippen LogP contribution is -2.54. The molecular weight excluding hydrogens is 589 g/mol. The van der Waals surface area contributed by atoms with Crippen molar-refractivity contribution in [2.24, 2.45) is 0 Å². The van der Waals surface area contributed by atoms with Crippen LogP contribution in [0.3, 0.4) is 0 Å². The molecule has 0 saturated heterocycles. The Balaban J connectivity index is 1.56. The minimum absolute atomic E-state index is 0.00725. The van der Waals surface area contributed by atoms with Gasteiger partial charge in [0, 0.05) is 19.0 Å². The Morgan fingerprint density at radius 2 is 1.47 bits per heavy atom. The molecule has 0 radical (unpaired) electrons. The van der Waals surface area contributed by atoms with Crippen LogP contribution in [-0.4, -0.2) is 43.8 Å². The summed E-state index contributed by atoms with van der Waals surface area (Å²) in [6.07, 6.45) is 4.07. The fraction of sp³-hybridized carbons (Fsp3) is 0.278. The number of benzene rings is 4. The summed E-state index contributed by atoms with van der Waals surface area (Å²) in [4.78, 5) is 30.0. The van der Waals surface area contributed by atoms with Crippen molar-refractivity contribution in [1.82, 2.24) is 10.2 Å². The highest BCUT2D eigenvalue weighted by atomic mass is 32.2. The second kappa shape index (κ2) is 14.5. The lowest BCUT2D eigenvalue weighted by Gasteiger charge is -2.34. The van der Waals surface area contributed by atoms with E-state index in [0.717, 1.165) is 58.8 Å². The van der Waals surface area contributed by atoms with Gasteiger partial charge in [-0.15, -0.1) is 0 Å². The van der Waals surface area contributed by atoms with E-state index >= 15 is 0 Å². The summed E-state index contributed by atoms with van der Waals surface area (Å²) in [6, 6.07) is 29.1. The maximum Gasteiger partial charge on any atom is 0.264 e. The van der Waals surface area contributed by atoms with Crippen LogP contribution in [0.15, 0.2) is 114 Å². The summed E-state index contributed by atoms with van der Waals surface area (Å²) in [5.41, 5.74) is 2.82. The van der Waals surface area contributed by atoms with E-state index in [0.29, 0.717) is 0 Å².